The lowest BCUT2D eigenvalue weighted by Gasteiger charge is -2.03. The van der Waals surface area contributed by atoms with Gasteiger partial charge in [0.25, 0.3) is 0 Å². The number of hydrogen-bond acceptors (Lipinski definition) is 3. The summed E-state index contributed by atoms with van der Waals surface area (Å²) in [7, 11) is 0. The molecule has 14 heavy (non-hydrogen) atoms. The molecular weight excluding hydrogens is 262 g/mol. The summed E-state index contributed by atoms with van der Waals surface area (Å²) in [4.78, 5) is 1.37. The van der Waals surface area contributed by atoms with Crippen LogP contribution in [0.15, 0.2) is 15.9 Å². The van der Waals surface area contributed by atoms with Gasteiger partial charge in [-0.15, -0.1) is 11.3 Å². The fourth-order valence-electron chi connectivity index (χ4n) is 1.09. The molecule has 1 aromatic rings. The summed E-state index contributed by atoms with van der Waals surface area (Å²) in [6.07, 6.45) is 1.00. The molecule has 0 unspecified atom stereocenters. The molecule has 1 aromatic heterocycles. The summed E-state index contributed by atoms with van der Waals surface area (Å²) >= 11 is 5.28. The Morgan fingerprint density at radius 1 is 1.50 bits per heavy atom. The molecule has 0 spiro atoms. The van der Waals surface area contributed by atoms with E-state index in [2.05, 4.69) is 39.6 Å². The molecule has 1 rings (SSSR count). The van der Waals surface area contributed by atoms with E-state index in [1.165, 1.54) is 9.35 Å². The second kappa shape index (κ2) is 7.40. The zero-order valence-electron chi connectivity index (χ0n) is 8.38. The van der Waals surface area contributed by atoms with E-state index in [9.17, 15) is 0 Å². The zero-order chi connectivity index (χ0) is 10.2. The highest BCUT2D eigenvalue weighted by molar-refractivity contribution is 9.10. The van der Waals surface area contributed by atoms with E-state index >= 15 is 0 Å². The first-order valence-electron chi connectivity index (χ1n) is 4.85. The lowest BCUT2D eigenvalue weighted by Crippen LogP contribution is -2.19. The summed E-state index contributed by atoms with van der Waals surface area (Å²) in [5.41, 5.74) is 0. The summed E-state index contributed by atoms with van der Waals surface area (Å²) in [5, 5.41) is 5.32. The van der Waals surface area contributed by atoms with E-state index in [1.54, 1.807) is 11.3 Å². The van der Waals surface area contributed by atoms with Gasteiger partial charge < -0.3 is 10.1 Å². The molecular formula is C10H16BrNOS. The van der Waals surface area contributed by atoms with Crippen LogP contribution in [0.3, 0.4) is 0 Å². The molecule has 0 aliphatic rings. The van der Waals surface area contributed by atoms with Crippen LogP contribution in [0.4, 0.5) is 0 Å². The second-order valence-electron chi connectivity index (χ2n) is 2.91. The van der Waals surface area contributed by atoms with Gasteiger partial charge in [-0.25, -0.2) is 0 Å². The number of nitrogens with one attached hydrogen (secondary N) is 1. The highest BCUT2D eigenvalue weighted by Crippen LogP contribution is 2.22. The SMILES string of the molecule is CCNCCOCCc1sccc1Br. The van der Waals surface area contributed by atoms with Gasteiger partial charge in [-0.1, -0.05) is 6.92 Å². The third kappa shape index (κ3) is 4.55. The van der Waals surface area contributed by atoms with Gasteiger partial charge in [0.1, 0.15) is 0 Å². The Hall–Kier alpha value is 0.100. The van der Waals surface area contributed by atoms with Crippen LogP contribution >= 0.6 is 27.3 Å². The van der Waals surface area contributed by atoms with Crippen molar-refractivity contribution in [2.24, 2.45) is 0 Å². The molecule has 0 amide bonds. The Morgan fingerprint density at radius 3 is 3.00 bits per heavy atom. The lowest BCUT2D eigenvalue weighted by molar-refractivity contribution is 0.140. The van der Waals surface area contributed by atoms with Crippen molar-refractivity contribution in [1.29, 1.82) is 0 Å². The van der Waals surface area contributed by atoms with Crippen LogP contribution in [0.25, 0.3) is 0 Å². The van der Waals surface area contributed by atoms with Crippen molar-refractivity contribution >= 4 is 27.3 Å². The first-order chi connectivity index (χ1) is 6.84. The van der Waals surface area contributed by atoms with Crippen LogP contribution in [0, 0.1) is 0 Å². The summed E-state index contributed by atoms with van der Waals surface area (Å²) in [5.74, 6) is 0. The summed E-state index contributed by atoms with van der Waals surface area (Å²) in [6.45, 7) is 5.67. The Balaban J connectivity index is 2.02. The van der Waals surface area contributed by atoms with Gasteiger partial charge >= 0.3 is 0 Å². The third-order valence-corrected chi connectivity index (χ3v) is 3.82. The number of likely N-dealkylation sites (N-methyl/N-ethyl adjacent to an activating group) is 1. The van der Waals surface area contributed by atoms with Crippen LogP contribution in [-0.2, 0) is 11.2 Å². The second-order valence-corrected chi connectivity index (χ2v) is 4.76. The van der Waals surface area contributed by atoms with Gasteiger partial charge in [-0.3, -0.25) is 0 Å². The van der Waals surface area contributed by atoms with Crippen LogP contribution in [-0.4, -0.2) is 26.3 Å². The van der Waals surface area contributed by atoms with Crippen molar-refractivity contribution in [3.05, 3.63) is 20.8 Å². The van der Waals surface area contributed by atoms with E-state index in [1.807, 2.05) is 0 Å². The first kappa shape index (κ1) is 12.2. The van der Waals surface area contributed by atoms with Crippen LogP contribution in [0.2, 0.25) is 0 Å². The van der Waals surface area contributed by atoms with E-state index in [0.717, 1.165) is 32.7 Å². The standard InChI is InChI=1S/C10H16BrNOS/c1-2-12-5-7-13-6-3-10-9(11)4-8-14-10/h4,8,12H,2-3,5-7H2,1H3. The third-order valence-electron chi connectivity index (χ3n) is 1.84. The van der Waals surface area contributed by atoms with Gasteiger partial charge in [0, 0.05) is 22.3 Å². The Morgan fingerprint density at radius 2 is 2.36 bits per heavy atom. The minimum Gasteiger partial charge on any atom is -0.380 e. The highest BCUT2D eigenvalue weighted by atomic mass is 79.9. The van der Waals surface area contributed by atoms with Crippen molar-refractivity contribution in [3.63, 3.8) is 0 Å². The molecule has 80 valence electrons. The van der Waals surface area contributed by atoms with Crippen molar-refractivity contribution in [2.75, 3.05) is 26.3 Å². The normalized spacial score (nSPS) is 10.7. The molecule has 0 bridgehead atoms. The summed E-state index contributed by atoms with van der Waals surface area (Å²) in [6, 6.07) is 2.08. The number of halogens is 1. The van der Waals surface area contributed by atoms with Crippen LogP contribution in [0.5, 0.6) is 0 Å². The fraction of sp³-hybridized carbons (Fsp3) is 0.600. The maximum Gasteiger partial charge on any atom is 0.0591 e. The maximum atomic E-state index is 5.49. The van der Waals surface area contributed by atoms with Gasteiger partial charge in [0.15, 0.2) is 0 Å². The molecule has 0 atom stereocenters. The number of hydrogen-bond donors (Lipinski definition) is 1. The van der Waals surface area contributed by atoms with Gasteiger partial charge in [-0.05, 0) is 33.9 Å². The van der Waals surface area contributed by atoms with Gasteiger partial charge in [0.05, 0.1) is 13.2 Å². The monoisotopic (exact) mass is 277 g/mol. The molecule has 1 heterocycles. The Kier molecular flexibility index (Phi) is 6.43. The Bertz CT molecular complexity index is 252. The van der Waals surface area contributed by atoms with Crippen molar-refractivity contribution in [1.82, 2.24) is 5.32 Å². The van der Waals surface area contributed by atoms with E-state index in [-0.39, 0.29) is 0 Å². The highest BCUT2D eigenvalue weighted by Gasteiger charge is 2.00. The number of thiophene rings is 1. The fourth-order valence-corrected chi connectivity index (χ4v) is 2.63. The topological polar surface area (TPSA) is 21.3 Å². The quantitative estimate of drug-likeness (QED) is 0.774. The smallest absolute Gasteiger partial charge is 0.0591 e. The molecule has 0 saturated heterocycles. The van der Waals surface area contributed by atoms with E-state index in [0.29, 0.717) is 0 Å². The van der Waals surface area contributed by atoms with E-state index < -0.39 is 0 Å². The van der Waals surface area contributed by atoms with Crippen molar-refractivity contribution in [3.8, 4) is 0 Å². The zero-order valence-corrected chi connectivity index (χ0v) is 10.8. The molecule has 0 saturated carbocycles. The molecule has 0 aliphatic heterocycles. The molecule has 0 fully saturated rings. The lowest BCUT2D eigenvalue weighted by atomic mass is 10.4. The average molecular weight is 278 g/mol. The number of ether oxygens (including phenoxy) is 1. The minimum atomic E-state index is 0.802. The van der Waals surface area contributed by atoms with Crippen molar-refractivity contribution < 1.29 is 4.74 Å². The minimum absolute atomic E-state index is 0.802. The predicted molar refractivity (Wildman–Crippen MR) is 65.1 cm³/mol. The largest absolute Gasteiger partial charge is 0.380 e. The van der Waals surface area contributed by atoms with Crippen LogP contribution < -0.4 is 5.32 Å². The molecule has 2 nitrogen and oxygen atoms in total. The molecule has 0 radical (unpaired) electrons. The maximum absolute atomic E-state index is 5.49. The summed E-state index contributed by atoms with van der Waals surface area (Å²) < 4.78 is 6.69. The molecule has 0 aliphatic carbocycles. The van der Waals surface area contributed by atoms with E-state index in [4.69, 9.17) is 4.74 Å². The number of rotatable bonds is 7. The van der Waals surface area contributed by atoms with Gasteiger partial charge in [-0.2, -0.15) is 0 Å². The average Bonchev–Trinajstić information content (AvgIpc) is 2.58. The van der Waals surface area contributed by atoms with Crippen LogP contribution in [0.1, 0.15) is 11.8 Å². The van der Waals surface area contributed by atoms with Gasteiger partial charge in [0.2, 0.25) is 0 Å². The molecule has 1 N–H and O–H groups in total. The predicted octanol–water partition coefficient (Wildman–Crippen LogP) is 2.68. The Labute approximate surface area is 97.8 Å². The molecule has 4 heteroatoms. The first-order valence-corrected chi connectivity index (χ1v) is 6.52. The molecule has 0 aromatic carbocycles. The van der Waals surface area contributed by atoms with Crippen molar-refractivity contribution in [2.45, 2.75) is 13.3 Å².